The second-order valence-electron chi connectivity index (χ2n) is 6.45. The van der Waals surface area contributed by atoms with Crippen molar-refractivity contribution < 1.29 is 22.3 Å². The highest BCUT2D eigenvalue weighted by molar-refractivity contribution is 5.80. The summed E-state index contributed by atoms with van der Waals surface area (Å²) < 4.78 is 46.7. The van der Waals surface area contributed by atoms with E-state index in [0.29, 0.717) is 24.6 Å². The minimum atomic E-state index is -4.31. The standard InChI is InChI=1S/C21H22F3N3O2/c1-25-20(27-12-18-10-17-4-2-3-5-19(17)29-18)26-11-15-6-8-16(9-7-15)13-28-14-21(22,23)24/h2-10H,11-14H2,1H3,(H2,25,26,27). The summed E-state index contributed by atoms with van der Waals surface area (Å²) in [6.07, 6.45) is -4.31. The van der Waals surface area contributed by atoms with E-state index in [1.165, 1.54) is 0 Å². The Balaban J connectivity index is 1.45. The number of hydrogen-bond donors (Lipinski definition) is 2. The lowest BCUT2D eigenvalue weighted by Gasteiger charge is -2.12. The molecule has 0 bridgehead atoms. The molecule has 154 valence electrons. The van der Waals surface area contributed by atoms with Gasteiger partial charge in [0, 0.05) is 19.0 Å². The maximum absolute atomic E-state index is 12.1. The summed E-state index contributed by atoms with van der Waals surface area (Å²) in [5.41, 5.74) is 2.49. The number of guanidine groups is 1. The van der Waals surface area contributed by atoms with E-state index in [1.807, 2.05) is 42.5 Å². The number of rotatable bonds is 7. The number of furan rings is 1. The number of para-hydroxylation sites is 1. The van der Waals surface area contributed by atoms with Crippen molar-refractivity contribution in [3.63, 3.8) is 0 Å². The van der Waals surface area contributed by atoms with E-state index in [1.54, 1.807) is 19.2 Å². The van der Waals surface area contributed by atoms with Crippen molar-refractivity contribution in [2.45, 2.75) is 25.9 Å². The molecule has 0 saturated heterocycles. The lowest BCUT2D eigenvalue weighted by atomic mass is 10.1. The van der Waals surface area contributed by atoms with E-state index in [-0.39, 0.29) is 6.61 Å². The number of aliphatic imine (C=N–C) groups is 1. The predicted molar refractivity (Wildman–Crippen MR) is 105 cm³/mol. The van der Waals surface area contributed by atoms with Crippen LogP contribution in [-0.4, -0.2) is 25.8 Å². The molecule has 0 amide bonds. The van der Waals surface area contributed by atoms with Crippen LogP contribution in [0.3, 0.4) is 0 Å². The van der Waals surface area contributed by atoms with Crippen LogP contribution in [0.15, 0.2) is 64.0 Å². The Morgan fingerprint density at radius 2 is 1.69 bits per heavy atom. The highest BCUT2D eigenvalue weighted by Crippen LogP contribution is 2.18. The van der Waals surface area contributed by atoms with E-state index in [2.05, 4.69) is 20.4 Å². The molecule has 0 fully saturated rings. The molecule has 2 N–H and O–H groups in total. The SMILES string of the molecule is CN=C(NCc1ccc(COCC(F)(F)F)cc1)NCc1cc2ccccc2o1. The van der Waals surface area contributed by atoms with Gasteiger partial charge < -0.3 is 19.8 Å². The highest BCUT2D eigenvalue weighted by atomic mass is 19.4. The van der Waals surface area contributed by atoms with Crippen molar-refractivity contribution >= 4 is 16.9 Å². The van der Waals surface area contributed by atoms with E-state index >= 15 is 0 Å². The second-order valence-corrected chi connectivity index (χ2v) is 6.45. The van der Waals surface area contributed by atoms with Crippen LogP contribution in [-0.2, 0) is 24.4 Å². The average molecular weight is 405 g/mol. The van der Waals surface area contributed by atoms with Crippen LogP contribution in [0.1, 0.15) is 16.9 Å². The average Bonchev–Trinajstić information content (AvgIpc) is 3.11. The summed E-state index contributed by atoms with van der Waals surface area (Å²) in [5, 5.41) is 7.43. The quantitative estimate of drug-likeness (QED) is 0.453. The number of hydrogen-bond acceptors (Lipinski definition) is 3. The Bertz CT molecular complexity index is 917. The minimum Gasteiger partial charge on any atom is -0.459 e. The van der Waals surface area contributed by atoms with E-state index < -0.39 is 12.8 Å². The van der Waals surface area contributed by atoms with Crippen LogP contribution < -0.4 is 10.6 Å². The maximum Gasteiger partial charge on any atom is 0.411 e. The van der Waals surface area contributed by atoms with Gasteiger partial charge in [-0.05, 0) is 23.3 Å². The van der Waals surface area contributed by atoms with Crippen molar-refractivity contribution in [3.8, 4) is 0 Å². The number of nitrogens with one attached hydrogen (secondary N) is 2. The van der Waals surface area contributed by atoms with Crippen molar-refractivity contribution in [3.05, 3.63) is 71.5 Å². The largest absolute Gasteiger partial charge is 0.459 e. The first-order valence-electron chi connectivity index (χ1n) is 9.07. The molecular formula is C21H22F3N3O2. The molecule has 0 saturated carbocycles. The van der Waals surface area contributed by atoms with Gasteiger partial charge >= 0.3 is 6.18 Å². The van der Waals surface area contributed by atoms with Crippen LogP contribution in [0.5, 0.6) is 0 Å². The molecule has 0 aliphatic heterocycles. The fourth-order valence-corrected chi connectivity index (χ4v) is 2.74. The first-order valence-corrected chi connectivity index (χ1v) is 9.07. The molecule has 0 radical (unpaired) electrons. The zero-order valence-corrected chi connectivity index (χ0v) is 15.9. The summed E-state index contributed by atoms with van der Waals surface area (Å²) in [6.45, 7) is -0.315. The fourth-order valence-electron chi connectivity index (χ4n) is 2.74. The normalized spacial score (nSPS) is 12.3. The van der Waals surface area contributed by atoms with E-state index in [4.69, 9.17) is 4.42 Å². The van der Waals surface area contributed by atoms with Crippen LogP contribution in [0.2, 0.25) is 0 Å². The van der Waals surface area contributed by atoms with Gasteiger partial charge in [-0.25, -0.2) is 0 Å². The second kappa shape index (κ2) is 9.47. The molecule has 0 spiro atoms. The molecule has 0 aliphatic rings. The number of alkyl halides is 3. The van der Waals surface area contributed by atoms with Crippen LogP contribution in [0.4, 0.5) is 13.2 Å². The van der Waals surface area contributed by atoms with Crippen LogP contribution >= 0.6 is 0 Å². The Morgan fingerprint density at radius 1 is 1.00 bits per heavy atom. The smallest absolute Gasteiger partial charge is 0.411 e. The summed E-state index contributed by atoms with van der Waals surface area (Å²) in [4.78, 5) is 4.18. The Kier molecular flexibility index (Phi) is 6.77. The van der Waals surface area contributed by atoms with Crippen molar-refractivity contribution in [1.29, 1.82) is 0 Å². The third-order valence-electron chi connectivity index (χ3n) is 4.15. The minimum absolute atomic E-state index is 0.0755. The molecule has 3 rings (SSSR count). The van der Waals surface area contributed by atoms with Gasteiger partial charge in [-0.15, -0.1) is 0 Å². The number of nitrogens with zero attached hydrogens (tertiary/aromatic N) is 1. The van der Waals surface area contributed by atoms with Gasteiger partial charge in [-0.1, -0.05) is 42.5 Å². The fraction of sp³-hybridized carbons (Fsp3) is 0.286. The zero-order chi connectivity index (χ0) is 20.7. The van der Waals surface area contributed by atoms with Crippen molar-refractivity contribution in [1.82, 2.24) is 10.6 Å². The van der Waals surface area contributed by atoms with Gasteiger partial charge in [0.15, 0.2) is 5.96 Å². The summed E-state index contributed by atoms with van der Waals surface area (Å²) in [5.74, 6) is 1.42. The third kappa shape index (κ3) is 6.53. The molecular weight excluding hydrogens is 383 g/mol. The van der Waals surface area contributed by atoms with Gasteiger partial charge in [0.1, 0.15) is 18.0 Å². The van der Waals surface area contributed by atoms with Gasteiger partial charge in [-0.2, -0.15) is 13.2 Å². The molecule has 0 atom stereocenters. The monoisotopic (exact) mass is 405 g/mol. The zero-order valence-electron chi connectivity index (χ0n) is 15.9. The Hall–Kier alpha value is -3.00. The van der Waals surface area contributed by atoms with E-state index in [9.17, 15) is 13.2 Å². The number of ether oxygens (including phenoxy) is 1. The molecule has 3 aromatic rings. The lowest BCUT2D eigenvalue weighted by Crippen LogP contribution is -2.36. The van der Waals surface area contributed by atoms with Crippen LogP contribution in [0.25, 0.3) is 11.0 Å². The summed E-state index contributed by atoms with van der Waals surface area (Å²) in [7, 11) is 1.68. The molecule has 29 heavy (non-hydrogen) atoms. The number of benzene rings is 2. The first kappa shape index (κ1) is 20.7. The van der Waals surface area contributed by atoms with Crippen LogP contribution in [0, 0.1) is 0 Å². The maximum atomic E-state index is 12.1. The van der Waals surface area contributed by atoms with Gasteiger partial charge in [0.05, 0.1) is 13.2 Å². The summed E-state index contributed by atoms with van der Waals surface area (Å²) in [6, 6.07) is 17.0. The molecule has 1 heterocycles. The third-order valence-corrected chi connectivity index (χ3v) is 4.15. The predicted octanol–water partition coefficient (Wildman–Crippen LogP) is 4.38. The lowest BCUT2D eigenvalue weighted by molar-refractivity contribution is -0.176. The van der Waals surface area contributed by atoms with E-state index in [0.717, 1.165) is 22.3 Å². The number of fused-ring (bicyclic) bond motifs is 1. The molecule has 2 aromatic carbocycles. The summed E-state index contributed by atoms with van der Waals surface area (Å²) >= 11 is 0. The van der Waals surface area contributed by atoms with Crippen molar-refractivity contribution in [2.24, 2.45) is 4.99 Å². The van der Waals surface area contributed by atoms with Gasteiger partial charge in [0.2, 0.25) is 0 Å². The number of halogens is 3. The molecule has 1 aromatic heterocycles. The highest BCUT2D eigenvalue weighted by Gasteiger charge is 2.27. The first-order chi connectivity index (χ1) is 13.9. The molecule has 5 nitrogen and oxygen atoms in total. The Morgan fingerprint density at radius 3 is 2.38 bits per heavy atom. The topological polar surface area (TPSA) is 58.8 Å². The van der Waals surface area contributed by atoms with Gasteiger partial charge in [-0.3, -0.25) is 4.99 Å². The molecule has 0 aliphatic carbocycles. The van der Waals surface area contributed by atoms with Crippen molar-refractivity contribution in [2.75, 3.05) is 13.7 Å². The molecule has 0 unspecified atom stereocenters. The van der Waals surface area contributed by atoms with Gasteiger partial charge in [0.25, 0.3) is 0 Å². The molecule has 8 heteroatoms. The Labute approximate surface area is 166 Å².